The van der Waals surface area contributed by atoms with Gasteiger partial charge in [0.1, 0.15) is 6.10 Å². The molecule has 2 rings (SSSR count). The Labute approximate surface area is 103 Å². The van der Waals surface area contributed by atoms with Gasteiger partial charge in [0.2, 0.25) is 0 Å². The standard InChI is InChI=1S/C15H20O2/c1-4-12-7-6-8-14(11(12)3)15(5-2)17-10-13-9-16-13/h4,6-8,13,15H,1,5,9-10H2,2-3H3. The maximum atomic E-state index is 5.92. The molecule has 2 heteroatoms. The highest BCUT2D eigenvalue weighted by atomic mass is 16.6. The fraction of sp³-hybridized carbons (Fsp3) is 0.467. The van der Waals surface area contributed by atoms with Crippen LogP contribution < -0.4 is 0 Å². The van der Waals surface area contributed by atoms with Crippen molar-refractivity contribution in [3.63, 3.8) is 0 Å². The largest absolute Gasteiger partial charge is 0.371 e. The highest BCUT2D eigenvalue weighted by Gasteiger charge is 2.24. The molecule has 1 aromatic carbocycles. The van der Waals surface area contributed by atoms with Gasteiger partial charge in [-0.2, -0.15) is 0 Å². The molecule has 0 amide bonds. The summed E-state index contributed by atoms with van der Waals surface area (Å²) >= 11 is 0. The van der Waals surface area contributed by atoms with Crippen molar-refractivity contribution in [1.82, 2.24) is 0 Å². The van der Waals surface area contributed by atoms with Gasteiger partial charge < -0.3 is 9.47 Å². The van der Waals surface area contributed by atoms with Gasteiger partial charge in [0.15, 0.2) is 0 Å². The first kappa shape index (κ1) is 12.3. The molecule has 1 aliphatic heterocycles. The predicted octanol–water partition coefficient (Wildman–Crippen LogP) is 3.50. The minimum atomic E-state index is 0.166. The van der Waals surface area contributed by atoms with Gasteiger partial charge >= 0.3 is 0 Å². The second kappa shape index (κ2) is 5.48. The smallest absolute Gasteiger partial charge is 0.104 e. The van der Waals surface area contributed by atoms with Crippen LogP contribution in [0, 0.1) is 6.92 Å². The molecule has 0 aliphatic carbocycles. The molecule has 0 saturated carbocycles. The van der Waals surface area contributed by atoms with Crippen molar-refractivity contribution < 1.29 is 9.47 Å². The molecule has 2 unspecified atom stereocenters. The molecule has 0 N–H and O–H groups in total. The third kappa shape index (κ3) is 2.96. The number of rotatable bonds is 6. The zero-order chi connectivity index (χ0) is 12.3. The summed E-state index contributed by atoms with van der Waals surface area (Å²) in [5.41, 5.74) is 3.73. The first-order valence-corrected chi connectivity index (χ1v) is 6.21. The Morgan fingerprint density at radius 1 is 1.59 bits per heavy atom. The van der Waals surface area contributed by atoms with Crippen molar-refractivity contribution in [3.8, 4) is 0 Å². The topological polar surface area (TPSA) is 21.8 Å². The van der Waals surface area contributed by atoms with Crippen LogP contribution in [0.3, 0.4) is 0 Å². The maximum absolute atomic E-state index is 5.92. The van der Waals surface area contributed by atoms with Crippen LogP contribution in [0.1, 0.15) is 36.1 Å². The lowest BCUT2D eigenvalue weighted by molar-refractivity contribution is 0.0391. The molecule has 1 aromatic rings. The van der Waals surface area contributed by atoms with Crippen molar-refractivity contribution >= 4 is 6.08 Å². The van der Waals surface area contributed by atoms with E-state index in [4.69, 9.17) is 9.47 Å². The Morgan fingerprint density at radius 2 is 2.35 bits per heavy atom. The van der Waals surface area contributed by atoms with Gasteiger partial charge in [-0.05, 0) is 30.0 Å². The van der Waals surface area contributed by atoms with E-state index >= 15 is 0 Å². The van der Waals surface area contributed by atoms with E-state index in [-0.39, 0.29) is 6.10 Å². The van der Waals surface area contributed by atoms with Crippen molar-refractivity contribution in [2.45, 2.75) is 32.5 Å². The van der Waals surface area contributed by atoms with Crippen molar-refractivity contribution in [2.75, 3.05) is 13.2 Å². The molecule has 0 aromatic heterocycles. The summed E-state index contributed by atoms with van der Waals surface area (Å²) in [5, 5.41) is 0. The lowest BCUT2D eigenvalue weighted by Gasteiger charge is -2.19. The molecule has 0 radical (unpaired) electrons. The molecular weight excluding hydrogens is 212 g/mol. The number of epoxide rings is 1. The van der Waals surface area contributed by atoms with Crippen molar-refractivity contribution in [2.24, 2.45) is 0 Å². The van der Waals surface area contributed by atoms with E-state index in [2.05, 4.69) is 38.6 Å². The van der Waals surface area contributed by atoms with Gasteiger partial charge in [-0.25, -0.2) is 0 Å². The maximum Gasteiger partial charge on any atom is 0.104 e. The monoisotopic (exact) mass is 232 g/mol. The minimum absolute atomic E-state index is 0.166. The molecule has 0 bridgehead atoms. The van der Waals surface area contributed by atoms with Crippen LogP contribution in [0.4, 0.5) is 0 Å². The molecule has 1 heterocycles. The van der Waals surface area contributed by atoms with E-state index in [1.165, 1.54) is 16.7 Å². The van der Waals surface area contributed by atoms with E-state index in [9.17, 15) is 0 Å². The molecule has 1 aliphatic rings. The van der Waals surface area contributed by atoms with E-state index in [1.54, 1.807) is 0 Å². The van der Waals surface area contributed by atoms with Gasteiger partial charge in [-0.1, -0.05) is 37.8 Å². The average Bonchev–Trinajstić information content (AvgIpc) is 3.16. The lowest BCUT2D eigenvalue weighted by atomic mass is 9.97. The van der Waals surface area contributed by atoms with Gasteiger partial charge in [-0.3, -0.25) is 0 Å². The van der Waals surface area contributed by atoms with Crippen LogP contribution in [-0.2, 0) is 9.47 Å². The number of hydrogen-bond donors (Lipinski definition) is 0. The number of hydrogen-bond acceptors (Lipinski definition) is 2. The fourth-order valence-corrected chi connectivity index (χ4v) is 2.06. The van der Waals surface area contributed by atoms with E-state index in [0.29, 0.717) is 12.7 Å². The average molecular weight is 232 g/mol. The van der Waals surface area contributed by atoms with Gasteiger partial charge in [0, 0.05) is 0 Å². The Kier molecular flexibility index (Phi) is 3.97. The molecule has 17 heavy (non-hydrogen) atoms. The zero-order valence-corrected chi connectivity index (χ0v) is 10.6. The highest BCUT2D eigenvalue weighted by Crippen LogP contribution is 2.27. The third-order valence-electron chi connectivity index (χ3n) is 3.24. The first-order valence-electron chi connectivity index (χ1n) is 6.21. The molecule has 2 atom stereocenters. The predicted molar refractivity (Wildman–Crippen MR) is 70.0 cm³/mol. The van der Waals surface area contributed by atoms with Crippen LogP contribution >= 0.6 is 0 Å². The Balaban J connectivity index is 2.13. The second-order valence-corrected chi connectivity index (χ2v) is 4.45. The van der Waals surface area contributed by atoms with Gasteiger partial charge in [-0.15, -0.1) is 0 Å². The zero-order valence-electron chi connectivity index (χ0n) is 10.6. The summed E-state index contributed by atoms with van der Waals surface area (Å²) in [6, 6.07) is 6.30. The SMILES string of the molecule is C=Cc1cccc(C(CC)OCC2CO2)c1C. The summed E-state index contributed by atoms with van der Waals surface area (Å²) in [5.74, 6) is 0. The molecule has 1 fully saturated rings. The van der Waals surface area contributed by atoms with Crippen molar-refractivity contribution in [1.29, 1.82) is 0 Å². The molecule has 2 nitrogen and oxygen atoms in total. The number of ether oxygens (including phenoxy) is 2. The van der Waals surface area contributed by atoms with Gasteiger partial charge in [0.05, 0.1) is 19.3 Å². The van der Waals surface area contributed by atoms with E-state index in [1.807, 2.05) is 6.08 Å². The molecule has 0 spiro atoms. The normalized spacial score (nSPS) is 20.0. The Bertz CT molecular complexity index is 394. The lowest BCUT2D eigenvalue weighted by Crippen LogP contribution is -2.10. The van der Waals surface area contributed by atoms with E-state index in [0.717, 1.165) is 13.0 Å². The summed E-state index contributed by atoms with van der Waals surface area (Å²) < 4.78 is 11.1. The summed E-state index contributed by atoms with van der Waals surface area (Å²) in [6.07, 6.45) is 3.37. The quantitative estimate of drug-likeness (QED) is 0.700. The van der Waals surface area contributed by atoms with Crippen LogP contribution in [0.5, 0.6) is 0 Å². The highest BCUT2D eigenvalue weighted by molar-refractivity contribution is 5.54. The molecular formula is C15H20O2. The first-order chi connectivity index (χ1) is 8.26. The minimum Gasteiger partial charge on any atom is -0.371 e. The number of benzene rings is 1. The van der Waals surface area contributed by atoms with Crippen LogP contribution in [-0.4, -0.2) is 19.3 Å². The van der Waals surface area contributed by atoms with Crippen LogP contribution in [0.2, 0.25) is 0 Å². The Morgan fingerprint density at radius 3 is 2.94 bits per heavy atom. The summed E-state index contributed by atoms with van der Waals surface area (Å²) in [6.45, 7) is 9.68. The van der Waals surface area contributed by atoms with Gasteiger partial charge in [0.25, 0.3) is 0 Å². The third-order valence-corrected chi connectivity index (χ3v) is 3.24. The van der Waals surface area contributed by atoms with Crippen LogP contribution in [0.25, 0.3) is 6.08 Å². The second-order valence-electron chi connectivity index (χ2n) is 4.45. The van der Waals surface area contributed by atoms with Crippen LogP contribution in [0.15, 0.2) is 24.8 Å². The molecule has 92 valence electrons. The Hall–Kier alpha value is -1.12. The van der Waals surface area contributed by atoms with Crippen molar-refractivity contribution in [3.05, 3.63) is 41.5 Å². The fourth-order valence-electron chi connectivity index (χ4n) is 2.06. The molecule has 1 saturated heterocycles. The summed E-state index contributed by atoms with van der Waals surface area (Å²) in [7, 11) is 0. The van der Waals surface area contributed by atoms with E-state index < -0.39 is 0 Å². The summed E-state index contributed by atoms with van der Waals surface area (Å²) in [4.78, 5) is 0.